The molecule has 2 aromatic carbocycles. The largest absolute Gasteiger partial charge is 0.497 e. The summed E-state index contributed by atoms with van der Waals surface area (Å²) in [4.78, 5) is 22.3. The first-order valence-electron chi connectivity index (χ1n) is 10.6. The van der Waals surface area contributed by atoms with Gasteiger partial charge in [0.1, 0.15) is 23.6 Å². The summed E-state index contributed by atoms with van der Waals surface area (Å²) >= 11 is 0. The monoisotopic (exact) mass is 417 g/mol. The second-order valence-corrected chi connectivity index (χ2v) is 7.81. The quantitative estimate of drug-likeness (QED) is 0.611. The van der Waals surface area contributed by atoms with Gasteiger partial charge < -0.3 is 14.8 Å². The molecule has 0 radical (unpaired) electrons. The SMILES string of the molecule is COc1ccc(C2(C(=O)Nc3cc(-c4ccccc4OC)ncn3)CCCCC2)cc1. The molecule has 0 saturated heterocycles. The zero-order chi connectivity index (χ0) is 21.7. The van der Waals surface area contributed by atoms with Crippen molar-refractivity contribution in [1.82, 2.24) is 9.97 Å². The van der Waals surface area contributed by atoms with Gasteiger partial charge in [-0.2, -0.15) is 0 Å². The van der Waals surface area contributed by atoms with Crippen molar-refractivity contribution in [3.63, 3.8) is 0 Å². The average molecular weight is 418 g/mol. The maximum atomic E-state index is 13.6. The van der Waals surface area contributed by atoms with Crippen molar-refractivity contribution in [3.8, 4) is 22.8 Å². The fourth-order valence-corrected chi connectivity index (χ4v) is 4.38. The van der Waals surface area contributed by atoms with Gasteiger partial charge in [0, 0.05) is 11.6 Å². The molecule has 3 aromatic rings. The third-order valence-corrected chi connectivity index (χ3v) is 6.08. The molecule has 1 aliphatic rings. The minimum absolute atomic E-state index is 0.0259. The van der Waals surface area contributed by atoms with Gasteiger partial charge in [0.15, 0.2) is 0 Å². The van der Waals surface area contributed by atoms with E-state index in [9.17, 15) is 4.79 Å². The number of methoxy groups -OCH3 is 2. The molecule has 0 bridgehead atoms. The second-order valence-electron chi connectivity index (χ2n) is 7.81. The summed E-state index contributed by atoms with van der Waals surface area (Å²) in [6.07, 6.45) is 6.30. The number of hydrogen-bond acceptors (Lipinski definition) is 5. The normalized spacial score (nSPS) is 15.2. The van der Waals surface area contributed by atoms with E-state index in [0.29, 0.717) is 11.5 Å². The van der Waals surface area contributed by atoms with Crippen molar-refractivity contribution in [1.29, 1.82) is 0 Å². The third kappa shape index (κ3) is 4.24. The minimum atomic E-state index is -0.569. The van der Waals surface area contributed by atoms with Gasteiger partial charge in [-0.25, -0.2) is 9.97 Å². The molecular weight excluding hydrogens is 390 g/mol. The fraction of sp³-hybridized carbons (Fsp3) is 0.320. The Hall–Kier alpha value is -3.41. The van der Waals surface area contributed by atoms with Crippen molar-refractivity contribution in [2.24, 2.45) is 0 Å². The summed E-state index contributed by atoms with van der Waals surface area (Å²) in [5, 5.41) is 3.07. The lowest BCUT2D eigenvalue weighted by Crippen LogP contribution is -2.42. The molecule has 1 saturated carbocycles. The average Bonchev–Trinajstić information content (AvgIpc) is 2.84. The number of nitrogens with one attached hydrogen (secondary N) is 1. The van der Waals surface area contributed by atoms with Gasteiger partial charge >= 0.3 is 0 Å². The summed E-state index contributed by atoms with van der Waals surface area (Å²) < 4.78 is 10.7. The molecule has 160 valence electrons. The predicted molar refractivity (Wildman–Crippen MR) is 120 cm³/mol. The number of hydrogen-bond donors (Lipinski definition) is 1. The third-order valence-electron chi connectivity index (χ3n) is 6.08. The van der Waals surface area contributed by atoms with Crippen LogP contribution in [-0.4, -0.2) is 30.1 Å². The lowest BCUT2D eigenvalue weighted by Gasteiger charge is -2.36. The number of ether oxygens (including phenoxy) is 2. The number of benzene rings is 2. The Balaban J connectivity index is 1.63. The van der Waals surface area contributed by atoms with Crippen molar-refractivity contribution in [2.45, 2.75) is 37.5 Å². The minimum Gasteiger partial charge on any atom is -0.497 e. The number of para-hydroxylation sites is 1. The molecule has 4 rings (SSSR count). The van der Waals surface area contributed by atoms with Crippen molar-refractivity contribution >= 4 is 11.7 Å². The molecule has 1 heterocycles. The number of rotatable bonds is 6. The Morgan fingerprint density at radius 2 is 1.68 bits per heavy atom. The molecule has 0 atom stereocenters. The molecule has 1 N–H and O–H groups in total. The maximum absolute atomic E-state index is 13.6. The van der Waals surface area contributed by atoms with E-state index in [1.165, 1.54) is 6.33 Å². The van der Waals surface area contributed by atoms with Crippen molar-refractivity contribution in [2.75, 3.05) is 19.5 Å². The molecule has 0 unspecified atom stereocenters. The van der Waals surface area contributed by atoms with Gasteiger partial charge in [-0.1, -0.05) is 43.5 Å². The van der Waals surface area contributed by atoms with E-state index in [4.69, 9.17) is 9.47 Å². The van der Waals surface area contributed by atoms with Crippen LogP contribution < -0.4 is 14.8 Å². The topological polar surface area (TPSA) is 73.3 Å². The lowest BCUT2D eigenvalue weighted by atomic mass is 9.68. The summed E-state index contributed by atoms with van der Waals surface area (Å²) in [7, 11) is 3.27. The van der Waals surface area contributed by atoms with Crippen LogP contribution >= 0.6 is 0 Å². The molecule has 31 heavy (non-hydrogen) atoms. The van der Waals surface area contributed by atoms with Crippen LogP contribution in [0, 0.1) is 0 Å². The van der Waals surface area contributed by atoms with Gasteiger partial charge in [0.25, 0.3) is 0 Å². The summed E-state index contributed by atoms with van der Waals surface area (Å²) in [5.41, 5.74) is 2.00. The van der Waals surface area contributed by atoms with Gasteiger partial charge in [-0.05, 0) is 42.7 Å². The van der Waals surface area contributed by atoms with E-state index >= 15 is 0 Å². The number of carbonyl (C=O) groups is 1. The Labute approximate surface area is 182 Å². The van der Waals surface area contributed by atoms with Crippen LogP contribution in [0.2, 0.25) is 0 Å². The molecule has 6 nitrogen and oxygen atoms in total. The van der Waals surface area contributed by atoms with Gasteiger partial charge in [0.2, 0.25) is 5.91 Å². The highest BCUT2D eigenvalue weighted by atomic mass is 16.5. The van der Waals surface area contributed by atoms with Crippen LogP contribution in [0.5, 0.6) is 11.5 Å². The first-order chi connectivity index (χ1) is 15.2. The van der Waals surface area contributed by atoms with E-state index in [-0.39, 0.29) is 5.91 Å². The Morgan fingerprint density at radius 3 is 2.39 bits per heavy atom. The zero-order valence-corrected chi connectivity index (χ0v) is 17.9. The Bertz CT molecular complexity index is 1040. The number of nitrogens with zero attached hydrogens (tertiary/aromatic N) is 2. The van der Waals surface area contributed by atoms with Crippen molar-refractivity contribution < 1.29 is 14.3 Å². The molecule has 6 heteroatoms. The predicted octanol–water partition coefficient (Wildman–Crippen LogP) is 5.00. The summed E-state index contributed by atoms with van der Waals surface area (Å²) in [6.45, 7) is 0. The first-order valence-corrected chi connectivity index (χ1v) is 10.6. The molecule has 1 aromatic heterocycles. The van der Waals surface area contributed by atoms with Gasteiger partial charge in [-0.3, -0.25) is 4.79 Å². The molecule has 1 amide bonds. The number of amides is 1. The van der Waals surface area contributed by atoms with Crippen LogP contribution in [0.15, 0.2) is 60.9 Å². The van der Waals surface area contributed by atoms with Crippen molar-refractivity contribution in [3.05, 3.63) is 66.5 Å². The highest BCUT2D eigenvalue weighted by Gasteiger charge is 2.41. The fourth-order valence-electron chi connectivity index (χ4n) is 4.38. The van der Waals surface area contributed by atoms with Crippen LogP contribution in [0.25, 0.3) is 11.3 Å². The first kappa shape index (κ1) is 20.8. The van der Waals surface area contributed by atoms with Crippen LogP contribution in [0.4, 0.5) is 5.82 Å². The van der Waals surface area contributed by atoms with E-state index in [2.05, 4.69) is 15.3 Å². The number of anilines is 1. The molecule has 1 fully saturated rings. The van der Waals surface area contributed by atoms with E-state index < -0.39 is 5.41 Å². The maximum Gasteiger partial charge on any atom is 0.236 e. The lowest BCUT2D eigenvalue weighted by molar-refractivity contribution is -0.122. The number of carbonyl (C=O) groups excluding carboxylic acids is 1. The highest BCUT2D eigenvalue weighted by Crippen LogP contribution is 2.41. The van der Waals surface area contributed by atoms with Crippen LogP contribution in [0.1, 0.15) is 37.7 Å². The Morgan fingerprint density at radius 1 is 0.935 bits per heavy atom. The molecule has 1 aliphatic carbocycles. The Kier molecular flexibility index (Phi) is 6.16. The molecular formula is C25H27N3O3. The summed E-state index contributed by atoms with van der Waals surface area (Å²) in [6, 6.07) is 17.3. The standard InChI is InChI=1S/C25H27N3O3/c1-30-19-12-10-18(11-13-19)25(14-6-3-7-15-25)24(29)28-23-16-21(26-17-27-23)20-8-4-5-9-22(20)31-2/h4-5,8-13,16-17H,3,6-7,14-15H2,1-2H3,(H,26,27,28,29). The van der Waals surface area contributed by atoms with Crippen LogP contribution in [0.3, 0.4) is 0 Å². The molecule has 0 aliphatic heterocycles. The summed E-state index contributed by atoms with van der Waals surface area (Å²) in [5.74, 6) is 1.97. The molecule has 0 spiro atoms. The van der Waals surface area contributed by atoms with Crippen LogP contribution in [-0.2, 0) is 10.2 Å². The van der Waals surface area contributed by atoms with Gasteiger partial charge in [0.05, 0.1) is 25.3 Å². The van der Waals surface area contributed by atoms with E-state index in [1.807, 2.05) is 48.5 Å². The highest BCUT2D eigenvalue weighted by molar-refractivity contribution is 5.99. The smallest absolute Gasteiger partial charge is 0.236 e. The van der Waals surface area contributed by atoms with E-state index in [1.54, 1.807) is 20.3 Å². The second kappa shape index (κ2) is 9.16. The zero-order valence-electron chi connectivity index (χ0n) is 17.9. The number of aromatic nitrogens is 2. The van der Waals surface area contributed by atoms with Gasteiger partial charge in [-0.15, -0.1) is 0 Å². The van der Waals surface area contributed by atoms with E-state index in [0.717, 1.165) is 54.7 Å².